The van der Waals surface area contributed by atoms with Gasteiger partial charge in [-0.05, 0) is 24.3 Å². The molecule has 0 aliphatic rings. The van der Waals surface area contributed by atoms with E-state index in [1.165, 1.54) is 4.90 Å². The van der Waals surface area contributed by atoms with Crippen LogP contribution in [0.1, 0.15) is 5.89 Å². The summed E-state index contributed by atoms with van der Waals surface area (Å²) in [6, 6.07) is 16.4. The molecule has 0 saturated heterocycles. The fraction of sp³-hybridized carbons (Fsp3) is 0.211. The monoisotopic (exact) mass is 385 g/mol. The molecule has 0 N–H and O–H groups in total. The fourth-order valence-electron chi connectivity index (χ4n) is 2.41. The van der Waals surface area contributed by atoms with Gasteiger partial charge in [-0.1, -0.05) is 35.5 Å². The Labute approximate surface area is 159 Å². The van der Waals surface area contributed by atoms with Gasteiger partial charge in [0, 0.05) is 29.1 Å². The number of amides is 1. The molecule has 0 saturated carbocycles. The molecule has 0 fully saturated rings. The summed E-state index contributed by atoms with van der Waals surface area (Å²) in [5.74, 6) is 0.937. The van der Waals surface area contributed by atoms with E-state index in [0.29, 0.717) is 11.6 Å². The lowest BCUT2D eigenvalue weighted by molar-refractivity contribution is -0.115. The van der Waals surface area contributed by atoms with E-state index in [4.69, 9.17) is 9.26 Å². The molecule has 0 aliphatic heterocycles. The molecule has 3 rings (SSSR count). The number of anilines is 1. The number of carbonyl (C=O) groups excluding carboxylic acids is 1. The first kappa shape index (κ1) is 18.8. The predicted molar refractivity (Wildman–Crippen MR) is 103 cm³/mol. The summed E-state index contributed by atoms with van der Waals surface area (Å²) in [6.07, 6.45) is 0. The lowest BCUT2D eigenvalue weighted by atomic mass is 10.2. The molecule has 27 heavy (non-hydrogen) atoms. The molecule has 0 bridgehead atoms. The Balaban J connectivity index is 1.61. The summed E-state index contributed by atoms with van der Waals surface area (Å²) in [5.41, 5.74) is 1.48. The first-order valence-electron chi connectivity index (χ1n) is 8.20. The summed E-state index contributed by atoms with van der Waals surface area (Å²) in [4.78, 5) is 18.0. The van der Waals surface area contributed by atoms with E-state index in [9.17, 15) is 9.00 Å². The van der Waals surface area contributed by atoms with Crippen LogP contribution in [0.25, 0.3) is 11.4 Å². The summed E-state index contributed by atoms with van der Waals surface area (Å²) < 4.78 is 22.7. The average Bonchev–Trinajstić information content (AvgIpc) is 3.16. The largest absolute Gasteiger partial charge is 0.497 e. The van der Waals surface area contributed by atoms with Gasteiger partial charge >= 0.3 is 0 Å². The van der Waals surface area contributed by atoms with Gasteiger partial charge in [0.1, 0.15) is 17.3 Å². The van der Waals surface area contributed by atoms with Crippen LogP contribution >= 0.6 is 0 Å². The number of para-hydroxylation sites is 1. The Kier molecular flexibility index (Phi) is 5.97. The van der Waals surface area contributed by atoms with Crippen molar-refractivity contribution in [2.24, 2.45) is 0 Å². The molecule has 0 spiro atoms. The van der Waals surface area contributed by atoms with Crippen molar-refractivity contribution in [1.82, 2.24) is 10.1 Å². The van der Waals surface area contributed by atoms with Crippen molar-refractivity contribution in [2.75, 3.05) is 24.8 Å². The number of rotatable bonds is 7. The van der Waals surface area contributed by atoms with Crippen LogP contribution in [0.5, 0.6) is 5.75 Å². The number of hydrogen-bond donors (Lipinski definition) is 0. The number of hydrogen-bond acceptors (Lipinski definition) is 6. The third kappa shape index (κ3) is 4.79. The summed E-state index contributed by atoms with van der Waals surface area (Å²) in [7, 11) is 1.78. The van der Waals surface area contributed by atoms with Crippen LogP contribution in [0.4, 0.5) is 5.69 Å². The number of carbonyl (C=O) groups is 1. The van der Waals surface area contributed by atoms with Crippen LogP contribution in [0.3, 0.4) is 0 Å². The minimum Gasteiger partial charge on any atom is -0.497 e. The lowest BCUT2D eigenvalue weighted by Gasteiger charge is -2.16. The molecule has 1 unspecified atom stereocenters. The van der Waals surface area contributed by atoms with E-state index in [0.717, 1.165) is 11.3 Å². The second-order valence-electron chi connectivity index (χ2n) is 5.76. The van der Waals surface area contributed by atoms with Gasteiger partial charge in [-0.3, -0.25) is 9.00 Å². The van der Waals surface area contributed by atoms with Crippen molar-refractivity contribution in [3.8, 4) is 17.1 Å². The third-order valence-electron chi connectivity index (χ3n) is 3.88. The molecule has 1 atom stereocenters. The Hall–Kier alpha value is -3.00. The molecule has 0 radical (unpaired) electrons. The topological polar surface area (TPSA) is 85.5 Å². The Bertz CT molecular complexity index is 943. The van der Waals surface area contributed by atoms with Crippen LogP contribution in [-0.4, -0.2) is 40.2 Å². The smallest absolute Gasteiger partial charge is 0.239 e. The van der Waals surface area contributed by atoms with Gasteiger partial charge in [-0.2, -0.15) is 4.98 Å². The van der Waals surface area contributed by atoms with E-state index in [-0.39, 0.29) is 23.3 Å². The zero-order valence-electron chi connectivity index (χ0n) is 15.0. The molecule has 1 heterocycles. The van der Waals surface area contributed by atoms with Gasteiger partial charge in [-0.25, -0.2) is 0 Å². The van der Waals surface area contributed by atoms with Crippen molar-refractivity contribution in [2.45, 2.75) is 5.75 Å². The van der Waals surface area contributed by atoms with Crippen LogP contribution in [0, 0.1) is 0 Å². The van der Waals surface area contributed by atoms with Crippen LogP contribution in [0.2, 0.25) is 0 Å². The molecule has 1 aromatic heterocycles. The Morgan fingerprint density at radius 2 is 1.96 bits per heavy atom. The maximum atomic E-state index is 12.3. The molecule has 0 aliphatic carbocycles. The molecular weight excluding hydrogens is 366 g/mol. The van der Waals surface area contributed by atoms with Gasteiger partial charge in [0.25, 0.3) is 0 Å². The number of methoxy groups -OCH3 is 1. The predicted octanol–water partition coefficient (Wildman–Crippen LogP) is 2.66. The normalized spacial score (nSPS) is 11.8. The quantitative estimate of drug-likeness (QED) is 0.622. The Morgan fingerprint density at radius 3 is 2.70 bits per heavy atom. The highest BCUT2D eigenvalue weighted by molar-refractivity contribution is 7.84. The van der Waals surface area contributed by atoms with E-state index in [2.05, 4.69) is 10.1 Å². The first-order valence-corrected chi connectivity index (χ1v) is 9.69. The molecule has 8 heteroatoms. The van der Waals surface area contributed by atoms with Gasteiger partial charge in [0.15, 0.2) is 0 Å². The van der Waals surface area contributed by atoms with E-state index in [1.807, 2.05) is 48.5 Å². The highest BCUT2D eigenvalue weighted by Gasteiger charge is 2.17. The summed E-state index contributed by atoms with van der Waals surface area (Å²) in [6.45, 7) is 0. The fourth-order valence-corrected chi connectivity index (χ4v) is 3.38. The van der Waals surface area contributed by atoms with E-state index >= 15 is 0 Å². The highest BCUT2D eigenvalue weighted by Crippen LogP contribution is 2.21. The Morgan fingerprint density at radius 1 is 1.19 bits per heavy atom. The second-order valence-corrected chi connectivity index (χ2v) is 7.22. The molecule has 2 aromatic carbocycles. The van der Waals surface area contributed by atoms with Gasteiger partial charge in [0.05, 0.1) is 7.11 Å². The van der Waals surface area contributed by atoms with Gasteiger partial charge in [-0.15, -0.1) is 0 Å². The van der Waals surface area contributed by atoms with Crippen LogP contribution in [0.15, 0.2) is 59.1 Å². The zero-order chi connectivity index (χ0) is 19.2. The number of ether oxygens (including phenoxy) is 1. The maximum Gasteiger partial charge on any atom is 0.239 e. The van der Waals surface area contributed by atoms with Crippen molar-refractivity contribution in [1.29, 1.82) is 0 Å². The van der Waals surface area contributed by atoms with Crippen LogP contribution in [-0.2, 0) is 21.3 Å². The minimum absolute atomic E-state index is 0.0192. The van der Waals surface area contributed by atoms with Crippen molar-refractivity contribution in [3.05, 3.63) is 60.5 Å². The maximum absolute atomic E-state index is 12.3. The van der Waals surface area contributed by atoms with Crippen molar-refractivity contribution in [3.63, 3.8) is 0 Å². The van der Waals surface area contributed by atoms with E-state index < -0.39 is 10.8 Å². The SMILES string of the molecule is COc1cccc(-c2noc(CS(=O)CC(=O)N(C)c3ccccc3)n2)c1. The van der Waals surface area contributed by atoms with Crippen molar-refractivity contribution < 1.29 is 18.3 Å². The second kappa shape index (κ2) is 8.59. The van der Waals surface area contributed by atoms with E-state index in [1.54, 1.807) is 20.2 Å². The van der Waals surface area contributed by atoms with Crippen molar-refractivity contribution >= 4 is 22.4 Å². The van der Waals surface area contributed by atoms with Gasteiger partial charge in [0.2, 0.25) is 17.6 Å². The lowest BCUT2D eigenvalue weighted by Crippen LogP contribution is -2.31. The third-order valence-corrected chi connectivity index (χ3v) is 5.02. The van der Waals surface area contributed by atoms with Crippen LogP contribution < -0.4 is 9.64 Å². The molecule has 1 amide bonds. The number of benzene rings is 2. The molecule has 3 aromatic rings. The number of nitrogens with zero attached hydrogens (tertiary/aromatic N) is 3. The molecular formula is C19H19N3O4S. The average molecular weight is 385 g/mol. The zero-order valence-corrected chi connectivity index (χ0v) is 15.8. The van der Waals surface area contributed by atoms with Gasteiger partial charge < -0.3 is 14.2 Å². The summed E-state index contributed by atoms with van der Waals surface area (Å²) >= 11 is 0. The first-order chi connectivity index (χ1) is 13.1. The summed E-state index contributed by atoms with van der Waals surface area (Å²) in [5, 5.41) is 3.91. The molecule has 7 nitrogen and oxygen atoms in total. The molecule has 140 valence electrons. The number of aromatic nitrogens is 2. The standard InChI is InChI=1S/C19H19N3O4S/c1-22(15-8-4-3-5-9-15)18(23)13-27(24)12-17-20-19(21-26-17)14-7-6-10-16(11-14)25-2/h3-11H,12-13H2,1-2H3. The minimum atomic E-state index is -1.46. The highest BCUT2D eigenvalue weighted by atomic mass is 32.2.